The van der Waals surface area contributed by atoms with Gasteiger partial charge in [-0.2, -0.15) is 13.7 Å². The summed E-state index contributed by atoms with van der Waals surface area (Å²) in [5, 5.41) is 8.69. The second-order valence-electron chi connectivity index (χ2n) is 2.94. The number of nitrogens with zero attached hydrogens (tertiary/aromatic N) is 2. The largest absolute Gasteiger partial charge is 0.379 e. The Balaban J connectivity index is 3.20. The number of hydrogen-bond donors (Lipinski definition) is 0. The quantitative estimate of drug-likeness (QED) is 0.714. The fourth-order valence-electron chi connectivity index (χ4n) is 0.989. The van der Waals surface area contributed by atoms with E-state index in [0.717, 1.165) is 11.8 Å². The van der Waals surface area contributed by atoms with Crippen molar-refractivity contribution in [3.05, 3.63) is 23.5 Å². The van der Waals surface area contributed by atoms with E-state index in [2.05, 4.69) is 9.17 Å². The highest BCUT2D eigenvalue weighted by molar-refractivity contribution is 7.86. The molecule has 0 aliphatic heterocycles. The maximum Gasteiger partial charge on any atom is 0.306 e. The van der Waals surface area contributed by atoms with Crippen LogP contribution in [0.4, 0.5) is 0 Å². The van der Waals surface area contributed by atoms with Gasteiger partial charge in [0.25, 0.3) is 0 Å². The van der Waals surface area contributed by atoms with Gasteiger partial charge in [-0.25, -0.2) is 4.98 Å². The molecule has 5 nitrogen and oxygen atoms in total. The molecule has 0 amide bonds. The van der Waals surface area contributed by atoms with E-state index in [1.54, 1.807) is 6.07 Å². The number of rotatable bonds is 3. The van der Waals surface area contributed by atoms with E-state index in [4.69, 9.17) is 5.26 Å². The van der Waals surface area contributed by atoms with Crippen molar-refractivity contribution in [3.63, 3.8) is 0 Å². The smallest absolute Gasteiger partial charge is 0.306 e. The highest BCUT2D eigenvalue weighted by Gasteiger charge is 2.11. The first kappa shape index (κ1) is 11.5. The molecule has 0 aliphatic carbocycles. The molecule has 15 heavy (non-hydrogen) atoms. The maximum atomic E-state index is 10.9. The molecule has 0 radical (unpaired) electrons. The zero-order valence-electron chi connectivity index (χ0n) is 8.39. The van der Waals surface area contributed by atoms with Crippen LogP contribution in [-0.2, 0) is 16.5 Å². The van der Waals surface area contributed by atoms with Crippen molar-refractivity contribution >= 4 is 10.1 Å². The van der Waals surface area contributed by atoms with Crippen LogP contribution < -0.4 is 4.18 Å². The monoisotopic (exact) mass is 226 g/mol. The van der Waals surface area contributed by atoms with Gasteiger partial charge in [-0.15, -0.1) is 0 Å². The standard InChI is InChI=1S/C9H10N2O3S/c1-3-7-4-9(14-15(2,12)13)8(5-10)11-6-7/h4,6H,3H2,1-2H3. The third kappa shape index (κ3) is 3.22. The number of aryl methyl sites for hydroxylation is 1. The zero-order valence-corrected chi connectivity index (χ0v) is 9.21. The van der Waals surface area contributed by atoms with Gasteiger partial charge in [0.1, 0.15) is 6.07 Å². The summed E-state index contributed by atoms with van der Waals surface area (Å²) >= 11 is 0. The molecule has 1 heterocycles. The van der Waals surface area contributed by atoms with Gasteiger partial charge < -0.3 is 4.18 Å². The van der Waals surface area contributed by atoms with Crippen LogP contribution in [0.1, 0.15) is 18.2 Å². The molecule has 0 saturated carbocycles. The van der Waals surface area contributed by atoms with Gasteiger partial charge in [0.2, 0.25) is 0 Å². The molecule has 0 bridgehead atoms. The molecule has 6 heteroatoms. The van der Waals surface area contributed by atoms with Crippen molar-refractivity contribution in [3.8, 4) is 11.8 Å². The molecule has 0 atom stereocenters. The Morgan fingerprint density at radius 2 is 2.27 bits per heavy atom. The van der Waals surface area contributed by atoms with Crippen molar-refractivity contribution in [2.24, 2.45) is 0 Å². The van der Waals surface area contributed by atoms with Gasteiger partial charge >= 0.3 is 10.1 Å². The fraction of sp³-hybridized carbons (Fsp3) is 0.333. The summed E-state index contributed by atoms with van der Waals surface area (Å²) in [4.78, 5) is 3.80. The summed E-state index contributed by atoms with van der Waals surface area (Å²) in [6, 6.07) is 3.28. The van der Waals surface area contributed by atoms with Crippen molar-refractivity contribution in [1.29, 1.82) is 5.26 Å². The lowest BCUT2D eigenvalue weighted by molar-refractivity contribution is 0.490. The lowest BCUT2D eigenvalue weighted by Gasteiger charge is -2.05. The molecule has 0 fully saturated rings. The van der Waals surface area contributed by atoms with Crippen LogP contribution in [0.3, 0.4) is 0 Å². The van der Waals surface area contributed by atoms with Crippen LogP contribution in [0, 0.1) is 11.3 Å². The summed E-state index contributed by atoms with van der Waals surface area (Å²) in [7, 11) is -3.63. The molecular formula is C9H10N2O3S. The topological polar surface area (TPSA) is 80.0 Å². The minimum atomic E-state index is -3.63. The van der Waals surface area contributed by atoms with Gasteiger partial charge in [0.05, 0.1) is 6.26 Å². The lowest BCUT2D eigenvalue weighted by atomic mass is 10.2. The first-order valence-corrected chi connectivity index (χ1v) is 6.06. The van der Waals surface area contributed by atoms with Crippen LogP contribution in [-0.4, -0.2) is 19.7 Å². The van der Waals surface area contributed by atoms with Crippen LogP contribution in [0.25, 0.3) is 0 Å². The van der Waals surface area contributed by atoms with E-state index < -0.39 is 10.1 Å². The molecule has 1 aromatic heterocycles. The molecule has 1 rings (SSSR count). The average molecular weight is 226 g/mol. The SMILES string of the molecule is CCc1cnc(C#N)c(OS(C)(=O)=O)c1. The first-order valence-electron chi connectivity index (χ1n) is 4.24. The van der Waals surface area contributed by atoms with Gasteiger partial charge in [0.15, 0.2) is 11.4 Å². The molecule has 0 saturated heterocycles. The Morgan fingerprint density at radius 1 is 1.60 bits per heavy atom. The third-order valence-electron chi connectivity index (χ3n) is 1.66. The Hall–Kier alpha value is -1.61. The van der Waals surface area contributed by atoms with Crippen molar-refractivity contribution in [2.45, 2.75) is 13.3 Å². The molecular weight excluding hydrogens is 216 g/mol. The Labute approximate surface area is 88.5 Å². The Kier molecular flexibility index (Phi) is 3.27. The van der Waals surface area contributed by atoms with Crippen molar-refractivity contribution in [1.82, 2.24) is 4.98 Å². The lowest BCUT2D eigenvalue weighted by Crippen LogP contribution is -2.08. The minimum absolute atomic E-state index is 0.0145. The summed E-state index contributed by atoms with van der Waals surface area (Å²) in [6.07, 6.45) is 3.14. The van der Waals surface area contributed by atoms with Crippen LogP contribution >= 0.6 is 0 Å². The number of pyridine rings is 1. The van der Waals surface area contributed by atoms with Crippen LogP contribution in [0.15, 0.2) is 12.3 Å². The molecule has 1 aromatic rings. The maximum absolute atomic E-state index is 10.9. The number of hydrogen-bond acceptors (Lipinski definition) is 5. The normalized spacial score (nSPS) is 10.7. The summed E-state index contributed by atoms with van der Waals surface area (Å²) in [6.45, 7) is 1.90. The molecule has 0 aromatic carbocycles. The zero-order chi connectivity index (χ0) is 11.5. The Morgan fingerprint density at radius 3 is 2.73 bits per heavy atom. The summed E-state index contributed by atoms with van der Waals surface area (Å²) < 4.78 is 26.5. The molecule has 0 N–H and O–H groups in total. The van der Waals surface area contributed by atoms with E-state index in [1.165, 1.54) is 12.3 Å². The fourth-order valence-corrected chi connectivity index (χ4v) is 1.44. The highest BCUT2D eigenvalue weighted by Crippen LogP contribution is 2.18. The second kappa shape index (κ2) is 4.28. The third-order valence-corrected chi connectivity index (χ3v) is 2.15. The van der Waals surface area contributed by atoms with Gasteiger partial charge in [-0.1, -0.05) is 6.92 Å². The van der Waals surface area contributed by atoms with Gasteiger partial charge in [0, 0.05) is 6.20 Å². The first-order chi connectivity index (χ1) is 6.96. The molecule has 80 valence electrons. The van der Waals surface area contributed by atoms with Crippen molar-refractivity contribution in [2.75, 3.05) is 6.26 Å². The molecule has 0 unspecified atom stereocenters. The number of aromatic nitrogens is 1. The minimum Gasteiger partial charge on any atom is -0.379 e. The van der Waals surface area contributed by atoms with Crippen LogP contribution in [0.2, 0.25) is 0 Å². The van der Waals surface area contributed by atoms with Crippen molar-refractivity contribution < 1.29 is 12.6 Å². The number of nitriles is 1. The van der Waals surface area contributed by atoms with E-state index in [0.29, 0.717) is 6.42 Å². The van der Waals surface area contributed by atoms with E-state index >= 15 is 0 Å². The van der Waals surface area contributed by atoms with E-state index in [9.17, 15) is 8.42 Å². The van der Waals surface area contributed by atoms with Gasteiger partial charge in [-0.05, 0) is 18.1 Å². The van der Waals surface area contributed by atoms with Gasteiger partial charge in [-0.3, -0.25) is 0 Å². The summed E-state index contributed by atoms with van der Waals surface area (Å²) in [5.74, 6) is -0.0145. The predicted octanol–water partition coefficient (Wildman–Crippen LogP) is 0.854. The summed E-state index contributed by atoms with van der Waals surface area (Å²) in [5.41, 5.74) is 0.783. The predicted molar refractivity (Wildman–Crippen MR) is 53.8 cm³/mol. The van der Waals surface area contributed by atoms with Crippen LogP contribution in [0.5, 0.6) is 5.75 Å². The Bertz CT molecular complexity index is 503. The highest BCUT2D eigenvalue weighted by atomic mass is 32.2. The van der Waals surface area contributed by atoms with E-state index in [1.807, 2.05) is 6.92 Å². The molecule has 0 spiro atoms. The molecule has 0 aliphatic rings. The van der Waals surface area contributed by atoms with E-state index in [-0.39, 0.29) is 11.4 Å². The second-order valence-corrected chi connectivity index (χ2v) is 4.52. The average Bonchev–Trinajstić information content (AvgIpc) is 2.15.